The highest BCUT2D eigenvalue weighted by Gasteiger charge is 2.32. The van der Waals surface area contributed by atoms with Crippen molar-refractivity contribution in [3.05, 3.63) is 192 Å². The van der Waals surface area contributed by atoms with Crippen LogP contribution in [-0.4, -0.2) is 4.57 Å². The SMILES string of the molecule is C1=Cc2cccc(C3c4ccccc4-c4cc(-c5cc6c7ccccc7sc6c6c5c5ccccc5n6-c5cccc6ccccc56)ccc43)c2CC1. The highest BCUT2D eigenvalue weighted by Crippen LogP contribution is 2.52. The smallest absolute Gasteiger partial charge is 0.0726 e. The molecule has 1 nitrogen and oxygen atoms in total. The van der Waals surface area contributed by atoms with E-state index in [1.165, 1.54) is 109 Å². The minimum Gasteiger partial charge on any atom is -0.307 e. The summed E-state index contributed by atoms with van der Waals surface area (Å²) in [6.45, 7) is 0. The van der Waals surface area contributed by atoms with Crippen LogP contribution in [0.3, 0.4) is 0 Å². The summed E-state index contributed by atoms with van der Waals surface area (Å²) in [6, 6.07) is 59.4. The highest BCUT2D eigenvalue weighted by molar-refractivity contribution is 7.26. The summed E-state index contributed by atoms with van der Waals surface area (Å²) in [5.74, 6) is 0.230. The van der Waals surface area contributed by atoms with Crippen molar-refractivity contribution in [2.75, 3.05) is 0 Å². The molecule has 8 aromatic carbocycles. The van der Waals surface area contributed by atoms with Crippen molar-refractivity contribution in [1.82, 2.24) is 4.57 Å². The molecule has 2 aliphatic carbocycles. The van der Waals surface area contributed by atoms with E-state index in [-0.39, 0.29) is 5.92 Å². The molecule has 0 saturated heterocycles. The van der Waals surface area contributed by atoms with E-state index in [1.807, 2.05) is 11.3 Å². The summed E-state index contributed by atoms with van der Waals surface area (Å²) in [4.78, 5) is 0. The zero-order valence-corrected chi connectivity index (χ0v) is 29.8. The van der Waals surface area contributed by atoms with Gasteiger partial charge in [-0.05, 0) is 98.6 Å². The summed E-state index contributed by atoms with van der Waals surface area (Å²) in [5, 5.41) is 7.75. The minimum atomic E-state index is 0.230. The molecule has 0 spiro atoms. The van der Waals surface area contributed by atoms with Crippen molar-refractivity contribution < 1.29 is 0 Å². The van der Waals surface area contributed by atoms with Gasteiger partial charge in [0.2, 0.25) is 0 Å². The van der Waals surface area contributed by atoms with E-state index in [0.717, 1.165) is 12.8 Å². The molecule has 248 valence electrons. The lowest BCUT2D eigenvalue weighted by molar-refractivity contribution is 0.915. The lowest BCUT2D eigenvalue weighted by atomic mass is 9.82. The average Bonchev–Trinajstić information content (AvgIpc) is 3.88. The van der Waals surface area contributed by atoms with Crippen LogP contribution in [0, 0.1) is 0 Å². The first-order valence-corrected chi connectivity index (χ1v) is 19.5. The fourth-order valence-corrected chi connectivity index (χ4v) is 10.9. The van der Waals surface area contributed by atoms with Crippen LogP contribution in [0.4, 0.5) is 0 Å². The Bertz CT molecular complexity index is 3180. The van der Waals surface area contributed by atoms with Gasteiger partial charge >= 0.3 is 0 Å². The molecule has 2 heterocycles. The Balaban J connectivity index is 1.18. The molecule has 2 heteroatoms. The van der Waals surface area contributed by atoms with Gasteiger partial charge in [-0.25, -0.2) is 0 Å². The summed E-state index contributed by atoms with van der Waals surface area (Å²) >= 11 is 1.92. The molecule has 0 bridgehead atoms. The van der Waals surface area contributed by atoms with Gasteiger partial charge in [-0.15, -0.1) is 11.3 Å². The molecule has 2 aromatic heterocycles. The van der Waals surface area contributed by atoms with Crippen LogP contribution < -0.4 is 0 Å². The maximum Gasteiger partial charge on any atom is 0.0726 e. The first kappa shape index (κ1) is 29.4. The van der Waals surface area contributed by atoms with E-state index in [9.17, 15) is 0 Å². The van der Waals surface area contributed by atoms with Crippen LogP contribution in [0.1, 0.15) is 40.2 Å². The monoisotopic (exact) mass is 691 g/mol. The van der Waals surface area contributed by atoms with Gasteiger partial charge in [0.1, 0.15) is 0 Å². The molecule has 10 aromatic rings. The van der Waals surface area contributed by atoms with Crippen LogP contribution >= 0.6 is 11.3 Å². The molecular formula is C51H33NS. The molecule has 1 atom stereocenters. The van der Waals surface area contributed by atoms with Crippen molar-refractivity contribution in [2.45, 2.75) is 18.8 Å². The topological polar surface area (TPSA) is 4.93 Å². The van der Waals surface area contributed by atoms with Gasteiger partial charge in [-0.3, -0.25) is 0 Å². The van der Waals surface area contributed by atoms with Crippen LogP contribution in [0.2, 0.25) is 0 Å². The Morgan fingerprint density at radius 1 is 0.547 bits per heavy atom. The maximum absolute atomic E-state index is 2.56. The van der Waals surface area contributed by atoms with Crippen LogP contribution in [0.5, 0.6) is 0 Å². The molecule has 0 radical (unpaired) electrons. The Labute approximate surface area is 311 Å². The average molecular weight is 692 g/mol. The lowest BCUT2D eigenvalue weighted by Gasteiger charge is -2.22. The lowest BCUT2D eigenvalue weighted by Crippen LogP contribution is -2.07. The van der Waals surface area contributed by atoms with Crippen molar-refractivity contribution in [3.8, 4) is 27.9 Å². The van der Waals surface area contributed by atoms with Crippen LogP contribution in [0.15, 0.2) is 164 Å². The quantitative estimate of drug-likeness (QED) is 0.174. The van der Waals surface area contributed by atoms with E-state index < -0.39 is 0 Å². The summed E-state index contributed by atoms with van der Waals surface area (Å²) < 4.78 is 5.21. The van der Waals surface area contributed by atoms with Crippen molar-refractivity contribution in [3.63, 3.8) is 0 Å². The second kappa shape index (κ2) is 11.1. The van der Waals surface area contributed by atoms with Gasteiger partial charge in [0.15, 0.2) is 0 Å². The molecule has 0 amide bonds. The van der Waals surface area contributed by atoms with Gasteiger partial charge in [0.25, 0.3) is 0 Å². The third-order valence-corrected chi connectivity index (χ3v) is 13.1. The molecule has 0 aliphatic heterocycles. The third kappa shape index (κ3) is 4.13. The van der Waals surface area contributed by atoms with E-state index in [1.54, 1.807) is 0 Å². The molecular weight excluding hydrogens is 659 g/mol. The molecule has 0 fully saturated rings. The van der Waals surface area contributed by atoms with E-state index >= 15 is 0 Å². The van der Waals surface area contributed by atoms with Gasteiger partial charge in [-0.2, -0.15) is 0 Å². The standard InChI is InChI=1S/C51H33NS/c1-3-17-34-31(13-1)15-11-23-38(34)48-39-21-6-5-19-36(39)43-29-33(27-28-40(43)48)42-30-44-37-20-8-10-26-47(37)53-51(44)50-49(42)41-22-7-9-24-46(41)52(50)45-25-12-16-32-14-2-4-18-35(32)45/h1-2,4-16,18-30,48H,3,17H2. The Morgan fingerprint density at radius 3 is 2.26 bits per heavy atom. The van der Waals surface area contributed by atoms with Crippen LogP contribution in [-0.2, 0) is 6.42 Å². The number of thiophene rings is 1. The number of benzene rings is 8. The predicted octanol–water partition coefficient (Wildman–Crippen LogP) is 14.1. The Morgan fingerprint density at radius 2 is 1.30 bits per heavy atom. The predicted molar refractivity (Wildman–Crippen MR) is 227 cm³/mol. The van der Waals surface area contributed by atoms with Crippen molar-refractivity contribution in [2.24, 2.45) is 0 Å². The third-order valence-electron chi connectivity index (χ3n) is 11.9. The van der Waals surface area contributed by atoms with Gasteiger partial charge < -0.3 is 4.57 Å². The van der Waals surface area contributed by atoms with Gasteiger partial charge in [0.05, 0.1) is 21.4 Å². The van der Waals surface area contributed by atoms with E-state index in [0.29, 0.717) is 0 Å². The summed E-state index contributed by atoms with van der Waals surface area (Å²) in [5.41, 5.74) is 16.2. The fourth-order valence-electron chi connectivity index (χ4n) is 9.69. The molecule has 1 unspecified atom stereocenters. The maximum atomic E-state index is 2.56. The highest BCUT2D eigenvalue weighted by atomic mass is 32.1. The van der Waals surface area contributed by atoms with Crippen LogP contribution in [0.25, 0.3) is 86.8 Å². The number of rotatable bonds is 3. The van der Waals surface area contributed by atoms with Gasteiger partial charge in [-0.1, -0.05) is 140 Å². The van der Waals surface area contributed by atoms with E-state index in [2.05, 4.69) is 174 Å². The molecule has 2 aliphatic rings. The zero-order valence-electron chi connectivity index (χ0n) is 29.0. The minimum absolute atomic E-state index is 0.230. The largest absolute Gasteiger partial charge is 0.307 e. The fraction of sp³-hybridized carbons (Fsp3) is 0.0588. The normalized spacial score (nSPS) is 14.8. The number of fused-ring (bicyclic) bond motifs is 12. The number of hydrogen-bond donors (Lipinski definition) is 0. The molecule has 0 saturated carbocycles. The number of nitrogens with zero attached hydrogens (tertiary/aromatic N) is 1. The zero-order chi connectivity index (χ0) is 34.6. The number of para-hydroxylation sites is 1. The number of allylic oxidation sites excluding steroid dienone is 1. The molecule has 53 heavy (non-hydrogen) atoms. The summed E-state index contributed by atoms with van der Waals surface area (Å²) in [7, 11) is 0. The molecule has 12 rings (SSSR count). The summed E-state index contributed by atoms with van der Waals surface area (Å²) in [6.07, 6.45) is 6.84. The first-order valence-electron chi connectivity index (χ1n) is 18.7. The van der Waals surface area contributed by atoms with E-state index in [4.69, 9.17) is 0 Å². The number of aromatic nitrogens is 1. The van der Waals surface area contributed by atoms with Gasteiger partial charge in [0, 0.05) is 37.5 Å². The Hall–Kier alpha value is -6.22. The van der Waals surface area contributed by atoms with Crippen molar-refractivity contribution in [1.29, 1.82) is 0 Å². The Kier molecular flexibility index (Phi) is 6.17. The molecule has 0 N–H and O–H groups in total. The first-order chi connectivity index (χ1) is 26.3. The van der Waals surface area contributed by atoms with Crippen molar-refractivity contribution >= 4 is 70.2 Å². The second-order valence-corrected chi connectivity index (χ2v) is 15.7. The second-order valence-electron chi connectivity index (χ2n) is 14.7. The number of hydrogen-bond acceptors (Lipinski definition) is 1.